The van der Waals surface area contributed by atoms with Gasteiger partial charge in [0.25, 0.3) is 0 Å². The molecule has 0 saturated heterocycles. The van der Waals surface area contributed by atoms with Crippen molar-refractivity contribution < 1.29 is 9.53 Å². The van der Waals surface area contributed by atoms with Gasteiger partial charge in [0.1, 0.15) is 22.4 Å². The summed E-state index contributed by atoms with van der Waals surface area (Å²) in [6, 6.07) is 9.68. The molecule has 4 aliphatic rings. The van der Waals surface area contributed by atoms with E-state index in [-0.39, 0.29) is 11.2 Å². The molecule has 4 bridgehead atoms. The van der Waals surface area contributed by atoms with Crippen molar-refractivity contribution in [2.75, 3.05) is 18.2 Å². The van der Waals surface area contributed by atoms with Crippen LogP contribution in [0.2, 0.25) is 0 Å². The topological polar surface area (TPSA) is 88.1 Å². The normalized spacial score (nSPS) is 29.4. The third kappa shape index (κ3) is 3.00. The number of ketones is 1. The van der Waals surface area contributed by atoms with E-state index in [0.717, 1.165) is 30.7 Å². The van der Waals surface area contributed by atoms with Gasteiger partial charge in [-0.05, 0) is 80.5 Å². The van der Waals surface area contributed by atoms with Gasteiger partial charge in [0.15, 0.2) is 5.78 Å². The summed E-state index contributed by atoms with van der Waals surface area (Å²) in [5, 5.41) is 13.6. The first-order chi connectivity index (χ1) is 14.0. The van der Waals surface area contributed by atoms with Crippen LogP contribution in [0.25, 0.3) is 0 Å². The Labute approximate surface area is 174 Å². The molecule has 4 fully saturated rings. The van der Waals surface area contributed by atoms with Gasteiger partial charge in [0.2, 0.25) is 0 Å². The molecule has 0 aliphatic heterocycles. The van der Waals surface area contributed by atoms with Crippen molar-refractivity contribution in [2.45, 2.75) is 38.5 Å². The number of hydrogen-bond donors (Lipinski definition) is 2. The first-order valence-electron chi connectivity index (χ1n) is 10.3. The maximum absolute atomic E-state index is 13.7. The summed E-state index contributed by atoms with van der Waals surface area (Å²) >= 11 is 1.33. The SMILES string of the molecule is COc1ccc(Nc2sc(C(=O)C34CC5CC(CC(C5)C3)C4)c(N)c2C#N)cc1. The zero-order chi connectivity index (χ0) is 20.2. The summed E-state index contributed by atoms with van der Waals surface area (Å²) in [5.41, 5.74) is 7.64. The minimum absolute atomic E-state index is 0.179. The maximum atomic E-state index is 13.7. The molecule has 1 aromatic carbocycles. The summed E-state index contributed by atoms with van der Waals surface area (Å²) in [4.78, 5) is 14.3. The van der Waals surface area contributed by atoms with Gasteiger partial charge in [-0.15, -0.1) is 11.3 Å². The summed E-state index contributed by atoms with van der Waals surface area (Å²) in [6.45, 7) is 0. The molecule has 0 unspecified atom stereocenters. The van der Waals surface area contributed by atoms with Crippen LogP contribution in [-0.4, -0.2) is 12.9 Å². The lowest BCUT2D eigenvalue weighted by Gasteiger charge is -2.55. The lowest BCUT2D eigenvalue weighted by Crippen LogP contribution is -2.49. The van der Waals surface area contributed by atoms with E-state index in [0.29, 0.717) is 38.9 Å². The van der Waals surface area contributed by atoms with E-state index < -0.39 is 0 Å². The smallest absolute Gasteiger partial charge is 0.181 e. The Kier molecular flexibility index (Phi) is 4.32. The van der Waals surface area contributed by atoms with Crippen molar-refractivity contribution in [3.8, 4) is 11.8 Å². The monoisotopic (exact) mass is 407 g/mol. The van der Waals surface area contributed by atoms with Crippen LogP contribution in [-0.2, 0) is 0 Å². The molecular formula is C23H25N3O2S. The molecule has 6 heteroatoms. The molecule has 6 rings (SSSR count). The number of Topliss-reactive ketones (excluding diaryl/α,β-unsaturated/α-hetero) is 1. The average Bonchev–Trinajstić information content (AvgIpc) is 3.02. The van der Waals surface area contributed by atoms with E-state index in [1.54, 1.807) is 7.11 Å². The molecule has 4 aliphatic carbocycles. The number of nitrogens with one attached hydrogen (secondary N) is 1. The quantitative estimate of drug-likeness (QED) is 0.652. The van der Waals surface area contributed by atoms with Crippen LogP contribution in [0.5, 0.6) is 5.75 Å². The lowest BCUT2D eigenvalue weighted by molar-refractivity contribution is -0.0350. The number of ether oxygens (including phenoxy) is 1. The Morgan fingerprint density at radius 2 is 1.76 bits per heavy atom. The minimum Gasteiger partial charge on any atom is -0.497 e. The summed E-state index contributed by atoms with van der Waals surface area (Å²) in [6.07, 6.45) is 6.87. The predicted molar refractivity (Wildman–Crippen MR) is 115 cm³/mol. The number of benzene rings is 1. The highest BCUT2D eigenvalue weighted by Crippen LogP contribution is 2.61. The highest BCUT2D eigenvalue weighted by atomic mass is 32.1. The largest absolute Gasteiger partial charge is 0.497 e. The molecule has 4 saturated carbocycles. The van der Waals surface area contributed by atoms with Crippen LogP contribution in [0, 0.1) is 34.5 Å². The number of thiophene rings is 1. The van der Waals surface area contributed by atoms with Crippen molar-refractivity contribution >= 4 is 33.5 Å². The van der Waals surface area contributed by atoms with E-state index in [4.69, 9.17) is 10.5 Å². The predicted octanol–water partition coefficient (Wildman–Crippen LogP) is 5.35. The van der Waals surface area contributed by atoms with Crippen molar-refractivity contribution in [1.82, 2.24) is 0 Å². The Bertz CT molecular complexity index is 967. The molecule has 0 atom stereocenters. The van der Waals surface area contributed by atoms with Crippen LogP contribution in [0.1, 0.15) is 53.8 Å². The third-order valence-electron chi connectivity index (χ3n) is 7.13. The maximum Gasteiger partial charge on any atom is 0.181 e. The molecule has 2 aromatic rings. The van der Waals surface area contributed by atoms with Gasteiger partial charge in [0.05, 0.1) is 17.7 Å². The van der Waals surface area contributed by atoms with E-state index in [1.807, 2.05) is 24.3 Å². The minimum atomic E-state index is -0.252. The Balaban J connectivity index is 1.46. The molecule has 150 valence electrons. The molecule has 29 heavy (non-hydrogen) atoms. The second kappa shape index (κ2) is 6.77. The van der Waals surface area contributed by atoms with Crippen LogP contribution in [0.4, 0.5) is 16.4 Å². The molecule has 3 N–H and O–H groups in total. The van der Waals surface area contributed by atoms with Gasteiger partial charge in [-0.2, -0.15) is 5.26 Å². The number of carbonyl (C=O) groups excluding carboxylic acids is 1. The van der Waals surface area contributed by atoms with Gasteiger partial charge in [0, 0.05) is 11.1 Å². The first kappa shape index (κ1) is 18.5. The number of nitrogens with two attached hydrogens (primary N) is 1. The van der Waals surface area contributed by atoms with Gasteiger partial charge in [-0.3, -0.25) is 4.79 Å². The van der Waals surface area contributed by atoms with Crippen LogP contribution in [0.3, 0.4) is 0 Å². The first-order valence-corrected chi connectivity index (χ1v) is 11.1. The number of methoxy groups -OCH3 is 1. The van der Waals surface area contributed by atoms with Gasteiger partial charge >= 0.3 is 0 Å². The van der Waals surface area contributed by atoms with Crippen LogP contribution >= 0.6 is 11.3 Å². The number of rotatable bonds is 5. The number of nitrogens with zero attached hydrogens (tertiary/aromatic N) is 1. The van der Waals surface area contributed by atoms with E-state index >= 15 is 0 Å². The number of nitriles is 1. The number of carbonyl (C=O) groups is 1. The second-order valence-corrected chi connectivity index (χ2v) is 10.1. The van der Waals surface area contributed by atoms with E-state index in [1.165, 1.54) is 30.6 Å². The number of hydrogen-bond acceptors (Lipinski definition) is 6. The summed E-state index contributed by atoms with van der Waals surface area (Å²) < 4.78 is 5.19. The highest BCUT2D eigenvalue weighted by molar-refractivity contribution is 7.19. The molecule has 1 heterocycles. The van der Waals surface area contributed by atoms with E-state index in [9.17, 15) is 10.1 Å². The van der Waals surface area contributed by atoms with Crippen molar-refractivity contribution in [3.63, 3.8) is 0 Å². The molecule has 0 radical (unpaired) electrons. The van der Waals surface area contributed by atoms with Crippen molar-refractivity contribution in [2.24, 2.45) is 23.2 Å². The molecule has 1 aromatic heterocycles. The average molecular weight is 408 g/mol. The summed E-state index contributed by atoms with van der Waals surface area (Å²) in [7, 11) is 1.62. The van der Waals surface area contributed by atoms with E-state index in [2.05, 4.69) is 11.4 Å². The lowest BCUT2D eigenvalue weighted by atomic mass is 9.48. The van der Waals surface area contributed by atoms with Crippen molar-refractivity contribution in [1.29, 1.82) is 5.26 Å². The van der Waals surface area contributed by atoms with Gasteiger partial charge in [-0.1, -0.05) is 0 Å². The molecule has 0 spiro atoms. The van der Waals surface area contributed by atoms with Crippen LogP contribution in [0.15, 0.2) is 24.3 Å². The fourth-order valence-electron chi connectivity index (χ4n) is 6.25. The number of nitrogen functional groups attached to an aromatic ring is 1. The standard InChI is InChI=1S/C23H25N3O2S/c1-28-17-4-2-16(3-5-17)26-22-18(12-24)19(25)20(29-22)21(27)23-9-13-6-14(10-23)8-15(7-13)11-23/h2-5,13-15,26H,6-11,25H2,1H3. The Morgan fingerprint density at radius 1 is 1.17 bits per heavy atom. The molecule has 0 amide bonds. The second-order valence-electron chi connectivity index (χ2n) is 9.04. The Morgan fingerprint density at radius 3 is 2.28 bits per heavy atom. The highest BCUT2D eigenvalue weighted by Gasteiger charge is 2.55. The fraction of sp³-hybridized carbons (Fsp3) is 0.478. The van der Waals surface area contributed by atoms with Gasteiger partial charge in [-0.25, -0.2) is 0 Å². The van der Waals surface area contributed by atoms with Crippen molar-refractivity contribution in [3.05, 3.63) is 34.7 Å². The zero-order valence-electron chi connectivity index (χ0n) is 16.5. The fourth-order valence-corrected chi connectivity index (χ4v) is 7.40. The third-order valence-corrected chi connectivity index (χ3v) is 8.25. The number of anilines is 3. The molecular weight excluding hydrogens is 382 g/mol. The summed E-state index contributed by atoms with van der Waals surface area (Å²) in [5.74, 6) is 3.02. The molecule has 5 nitrogen and oxygen atoms in total. The Hall–Kier alpha value is -2.52. The van der Waals surface area contributed by atoms with Crippen LogP contribution < -0.4 is 15.8 Å². The zero-order valence-corrected chi connectivity index (χ0v) is 17.3. The van der Waals surface area contributed by atoms with Gasteiger partial charge < -0.3 is 15.8 Å².